The van der Waals surface area contributed by atoms with E-state index in [-0.39, 0.29) is 11.4 Å². The summed E-state index contributed by atoms with van der Waals surface area (Å²) in [6.07, 6.45) is 0. The van der Waals surface area contributed by atoms with Crippen LogP contribution in [0.4, 0.5) is 11.4 Å². The molecular weight excluding hydrogens is 380 g/mol. The van der Waals surface area contributed by atoms with E-state index in [2.05, 4.69) is 5.32 Å². The molecule has 3 rings (SSSR count). The number of benzene rings is 2. The number of halogens is 1. The number of hydrogen-bond donors (Lipinski definition) is 1. The van der Waals surface area contributed by atoms with E-state index in [9.17, 15) is 14.9 Å². The third-order valence-corrected chi connectivity index (χ3v) is 5.36. The number of nitrogens with zero attached hydrogens (tertiary/aromatic N) is 1. The van der Waals surface area contributed by atoms with Crippen LogP contribution in [0, 0.1) is 10.1 Å². The molecule has 134 valence electrons. The number of fused-ring (bicyclic) bond motifs is 1. The van der Waals surface area contributed by atoms with Crippen LogP contribution >= 0.6 is 22.9 Å². The van der Waals surface area contributed by atoms with Crippen molar-refractivity contribution >= 4 is 50.3 Å². The van der Waals surface area contributed by atoms with Gasteiger partial charge in [0.2, 0.25) is 0 Å². The zero-order valence-corrected chi connectivity index (χ0v) is 15.3. The second-order valence-electron chi connectivity index (χ2n) is 5.20. The minimum absolute atomic E-state index is 0.159. The molecule has 1 N–H and O–H groups in total. The van der Waals surface area contributed by atoms with Crippen LogP contribution < -0.4 is 14.8 Å². The lowest BCUT2D eigenvalue weighted by Gasteiger charge is -2.09. The maximum atomic E-state index is 12.7. The first kappa shape index (κ1) is 18.0. The molecule has 0 aliphatic heterocycles. The summed E-state index contributed by atoms with van der Waals surface area (Å²) in [6.45, 7) is 0. The number of hydrogen-bond acceptors (Lipinski definition) is 6. The summed E-state index contributed by atoms with van der Waals surface area (Å²) in [7, 11) is 2.96. The molecule has 0 aliphatic rings. The Kier molecular flexibility index (Phi) is 4.97. The van der Waals surface area contributed by atoms with Crippen molar-refractivity contribution in [3.63, 3.8) is 0 Å². The molecule has 0 saturated carbocycles. The van der Waals surface area contributed by atoms with Crippen molar-refractivity contribution in [1.82, 2.24) is 0 Å². The van der Waals surface area contributed by atoms with E-state index in [1.54, 1.807) is 19.2 Å². The maximum absolute atomic E-state index is 12.7. The van der Waals surface area contributed by atoms with Crippen LogP contribution in [0.25, 0.3) is 10.1 Å². The number of nitro groups is 1. The molecule has 2 aromatic carbocycles. The van der Waals surface area contributed by atoms with Crippen LogP contribution in [0.5, 0.6) is 11.5 Å². The van der Waals surface area contributed by atoms with Gasteiger partial charge in [0, 0.05) is 22.2 Å². The number of carbonyl (C=O) groups is 1. The van der Waals surface area contributed by atoms with Gasteiger partial charge in [0.25, 0.3) is 11.6 Å². The highest BCUT2D eigenvalue weighted by Crippen LogP contribution is 2.38. The Morgan fingerprint density at radius 2 is 1.96 bits per heavy atom. The van der Waals surface area contributed by atoms with Crippen molar-refractivity contribution in [2.24, 2.45) is 0 Å². The molecule has 0 bridgehead atoms. The number of thiophene rings is 1. The van der Waals surface area contributed by atoms with E-state index < -0.39 is 10.8 Å². The van der Waals surface area contributed by atoms with E-state index in [1.165, 1.54) is 36.6 Å². The Balaban J connectivity index is 1.98. The van der Waals surface area contributed by atoms with Crippen molar-refractivity contribution < 1.29 is 19.2 Å². The fourth-order valence-electron chi connectivity index (χ4n) is 2.41. The number of nitrogens with one attached hydrogen (secondary N) is 1. The van der Waals surface area contributed by atoms with Crippen LogP contribution in [0.1, 0.15) is 9.67 Å². The van der Waals surface area contributed by atoms with E-state index in [0.717, 1.165) is 4.70 Å². The van der Waals surface area contributed by atoms with Crippen LogP contribution in [0.15, 0.2) is 36.4 Å². The van der Waals surface area contributed by atoms with Gasteiger partial charge < -0.3 is 14.8 Å². The second-order valence-corrected chi connectivity index (χ2v) is 6.63. The van der Waals surface area contributed by atoms with Gasteiger partial charge in [0.1, 0.15) is 16.4 Å². The fourth-order valence-corrected chi connectivity index (χ4v) is 3.79. The van der Waals surface area contributed by atoms with Crippen LogP contribution in [-0.2, 0) is 0 Å². The molecule has 1 aromatic heterocycles. The van der Waals surface area contributed by atoms with Gasteiger partial charge in [-0.1, -0.05) is 11.6 Å². The highest BCUT2D eigenvalue weighted by atomic mass is 35.5. The molecule has 0 aliphatic carbocycles. The van der Waals surface area contributed by atoms with Gasteiger partial charge in [-0.25, -0.2) is 0 Å². The third kappa shape index (κ3) is 3.29. The largest absolute Gasteiger partial charge is 0.497 e. The molecule has 0 unspecified atom stereocenters. The molecular formula is C17H13ClN2O5S. The molecule has 1 amide bonds. The summed E-state index contributed by atoms with van der Waals surface area (Å²) in [4.78, 5) is 23.4. The summed E-state index contributed by atoms with van der Waals surface area (Å²) in [6, 6.07) is 9.30. The summed E-state index contributed by atoms with van der Waals surface area (Å²) < 4.78 is 11.2. The van der Waals surface area contributed by atoms with Gasteiger partial charge in [0.05, 0.1) is 29.9 Å². The van der Waals surface area contributed by atoms with Gasteiger partial charge in [0.15, 0.2) is 0 Å². The number of amides is 1. The lowest BCUT2D eigenvalue weighted by Crippen LogP contribution is -2.11. The first-order valence-corrected chi connectivity index (χ1v) is 8.54. The fraction of sp³-hybridized carbons (Fsp3) is 0.118. The Morgan fingerprint density at radius 3 is 2.62 bits per heavy atom. The molecule has 0 radical (unpaired) electrons. The number of ether oxygens (including phenoxy) is 2. The number of non-ortho nitro benzene ring substituents is 1. The first-order valence-electron chi connectivity index (χ1n) is 7.34. The topological polar surface area (TPSA) is 90.7 Å². The van der Waals surface area contributed by atoms with E-state index in [4.69, 9.17) is 21.1 Å². The van der Waals surface area contributed by atoms with Crippen molar-refractivity contribution in [3.8, 4) is 11.5 Å². The number of rotatable bonds is 5. The highest BCUT2D eigenvalue weighted by Gasteiger charge is 2.20. The molecule has 0 saturated heterocycles. The summed E-state index contributed by atoms with van der Waals surface area (Å²) in [5.41, 5.74) is 0.0334. The first-order chi connectivity index (χ1) is 12.4. The van der Waals surface area contributed by atoms with Crippen molar-refractivity contribution in [2.75, 3.05) is 19.5 Å². The Morgan fingerprint density at radius 1 is 1.19 bits per heavy atom. The minimum atomic E-state index is -0.548. The lowest BCUT2D eigenvalue weighted by atomic mass is 10.2. The predicted octanol–water partition coefficient (Wildman–Crippen LogP) is 4.73. The zero-order chi connectivity index (χ0) is 18.8. The predicted molar refractivity (Wildman–Crippen MR) is 101 cm³/mol. The zero-order valence-electron chi connectivity index (χ0n) is 13.7. The Hall–Kier alpha value is -2.84. The monoisotopic (exact) mass is 392 g/mol. The number of anilines is 1. The number of nitro benzene ring substituents is 1. The second kappa shape index (κ2) is 7.19. The van der Waals surface area contributed by atoms with Crippen molar-refractivity contribution in [2.45, 2.75) is 0 Å². The van der Waals surface area contributed by atoms with Gasteiger partial charge in [-0.3, -0.25) is 14.9 Å². The highest BCUT2D eigenvalue weighted by molar-refractivity contribution is 7.21. The summed E-state index contributed by atoms with van der Waals surface area (Å²) >= 11 is 7.58. The average molecular weight is 393 g/mol. The lowest BCUT2D eigenvalue weighted by molar-refractivity contribution is -0.384. The number of methoxy groups -OCH3 is 2. The molecule has 0 fully saturated rings. The molecule has 1 heterocycles. The molecule has 9 heteroatoms. The quantitative estimate of drug-likeness (QED) is 0.500. The normalized spacial score (nSPS) is 10.6. The summed E-state index contributed by atoms with van der Waals surface area (Å²) in [5.74, 6) is 0.460. The molecule has 0 spiro atoms. The van der Waals surface area contributed by atoms with E-state index in [0.29, 0.717) is 26.8 Å². The third-order valence-electron chi connectivity index (χ3n) is 3.68. The Bertz CT molecular complexity index is 1020. The molecule has 3 aromatic rings. The van der Waals surface area contributed by atoms with Gasteiger partial charge in [-0.2, -0.15) is 0 Å². The minimum Gasteiger partial charge on any atom is -0.497 e. The molecule has 7 nitrogen and oxygen atoms in total. The van der Waals surface area contributed by atoms with Crippen LogP contribution in [0.3, 0.4) is 0 Å². The number of carbonyl (C=O) groups excluding carboxylic acids is 1. The van der Waals surface area contributed by atoms with Crippen molar-refractivity contribution in [3.05, 3.63) is 56.4 Å². The Labute approximate surface area is 157 Å². The van der Waals surface area contributed by atoms with Gasteiger partial charge in [-0.05, 0) is 24.3 Å². The smallest absolute Gasteiger partial charge is 0.271 e. The standard InChI is InChI=1S/C17H13ClN2O5S/c1-24-10-4-6-14-11(8-10)15(18)16(26-14)17(21)19-12-7-9(20(22)23)3-5-13(12)25-2/h3-8H,1-2H3,(H,19,21). The van der Waals surface area contributed by atoms with Crippen LogP contribution in [0.2, 0.25) is 5.02 Å². The maximum Gasteiger partial charge on any atom is 0.271 e. The SMILES string of the molecule is COc1ccc2sc(C(=O)Nc3cc([N+](=O)[O-])ccc3OC)c(Cl)c2c1. The molecule has 0 atom stereocenters. The van der Waals surface area contributed by atoms with E-state index in [1.807, 2.05) is 6.07 Å². The average Bonchev–Trinajstić information content (AvgIpc) is 2.97. The summed E-state index contributed by atoms with van der Waals surface area (Å²) in [5, 5.41) is 14.6. The van der Waals surface area contributed by atoms with Crippen LogP contribution in [-0.4, -0.2) is 25.1 Å². The van der Waals surface area contributed by atoms with E-state index >= 15 is 0 Å². The molecule has 26 heavy (non-hydrogen) atoms. The van der Waals surface area contributed by atoms with Crippen molar-refractivity contribution in [1.29, 1.82) is 0 Å². The van der Waals surface area contributed by atoms with Gasteiger partial charge >= 0.3 is 0 Å². The van der Waals surface area contributed by atoms with Gasteiger partial charge in [-0.15, -0.1) is 11.3 Å².